The first-order valence-electron chi connectivity index (χ1n) is 13.6. The topological polar surface area (TPSA) is 113 Å². The van der Waals surface area contributed by atoms with Crippen LogP contribution in [0.15, 0.2) is 83.8 Å². The third-order valence-corrected chi connectivity index (χ3v) is 9.04. The van der Waals surface area contributed by atoms with E-state index in [1.165, 1.54) is 17.0 Å². The van der Waals surface area contributed by atoms with E-state index in [1.807, 2.05) is 50.2 Å². The number of benzene rings is 3. The van der Waals surface area contributed by atoms with Gasteiger partial charge in [-0.25, -0.2) is 12.7 Å². The lowest BCUT2D eigenvalue weighted by Crippen LogP contribution is -2.52. The van der Waals surface area contributed by atoms with Gasteiger partial charge >= 0.3 is 0 Å². The van der Waals surface area contributed by atoms with Crippen LogP contribution in [-0.2, 0) is 32.6 Å². The number of carbonyl (C=O) groups excluding carboxylic acids is 3. The molecule has 2 atom stereocenters. The van der Waals surface area contributed by atoms with Crippen molar-refractivity contribution in [3.8, 4) is 5.75 Å². The lowest BCUT2D eigenvalue weighted by Gasteiger charge is -2.33. The van der Waals surface area contributed by atoms with Gasteiger partial charge in [-0.15, -0.1) is 0 Å². The highest BCUT2D eigenvalue weighted by Crippen LogP contribution is 2.30. The summed E-state index contributed by atoms with van der Waals surface area (Å²) in [5, 5.41) is 3.00. The van der Waals surface area contributed by atoms with Crippen LogP contribution in [0.4, 0.5) is 0 Å². The summed E-state index contributed by atoms with van der Waals surface area (Å²) in [6, 6.07) is 21.6. The van der Waals surface area contributed by atoms with Crippen molar-refractivity contribution < 1.29 is 27.5 Å². The van der Waals surface area contributed by atoms with Gasteiger partial charge in [0.15, 0.2) is 0 Å². The zero-order chi connectivity index (χ0) is 29.6. The maximum absolute atomic E-state index is 13.9. The second kappa shape index (κ2) is 13.0. The normalized spacial score (nSPS) is 15.1. The molecule has 1 N–H and O–H groups in total. The molecule has 0 bridgehead atoms. The predicted octanol–water partition coefficient (Wildman–Crippen LogP) is 3.78. The van der Waals surface area contributed by atoms with E-state index in [-0.39, 0.29) is 48.3 Å². The molecule has 10 heteroatoms. The van der Waals surface area contributed by atoms with Crippen LogP contribution in [0.1, 0.15) is 48.2 Å². The average Bonchev–Trinajstić information content (AvgIpc) is 3.18. The fourth-order valence-electron chi connectivity index (χ4n) is 4.76. The van der Waals surface area contributed by atoms with E-state index in [0.717, 1.165) is 15.4 Å². The van der Waals surface area contributed by atoms with Gasteiger partial charge in [-0.05, 0) is 48.7 Å². The lowest BCUT2D eigenvalue weighted by atomic mass is 10.0. The van der Waals surface area contributed by atoms with Gasteiger partial charge in [-0.1, -0.05) is 61.5 Å². The third kappa shape index (κ3) is 6.77. The molecule has 4 rings (SSSR count). The molecule has 41 heavy (non-hydrogen) atoms. The van der Waals surface area contributed by atoms with Crippen molar-refractivity contribution in [3.63, 3.8) is 0 Å². The minimum atomic E-state index is -4.07. The van der Waals surface area contributed by atoms with E-state index in [9.17, 15) is 22.8 Å². The molecule has 1 heterocycles. The Labute approximate surface area is 241 Å². The highest BCUT2D eigenvalue weighted by molar-refractivity contribution is 7.90. The molecule has 0 aliphatic carbocycles. The molecule has 3 amide bonds. The van der Waals surface area contributed by atoms with Gasteiger partial charge in [0.1, 0.15) is 16.7 Å². The number of nitrogens with zero attached hydrogens (tertiary/aromatic N) is 2. The molecule has 3 aromatic carbocycles. The number of carbonyl (C=O) groups is 3. The van der Waals surface area contributed by atoms with Crippen LogP contribution in [-0.4, -0.2) is 61.1 Å². The molecule has 0 fully saturated rings. The van der Waals surface area contributed by atoms with Crippen molar-refractivity contribution >= 4 is 27.7 Å². The van der Waals surface area contributed by atoms with Crippen molar-refractivity contribution in [3.05, 3.63) is 95.6 Å². The molecule has 1 aliphatic rings. The largest absolute Gasteiger partial charge is 0.497 e. The maximum atomic E-state index is 13.9. The van der Waals surface area contributed by atoms with E-state index in [1.54, 1.807) is 37.4 Å². The zero-order valence-electron chi connectivity index (χ0n) is 23.4. The first kappa shape index (κ1) is 29.8. The molecule has 0 saturated carbocycles. The Hall–Kier alpha value is -4.18. The highest BCUT2D eigenvalue weighted by atomic mass is 32.2. The molecule has 3 aromatic rings. The molecular weight excluding hydrogens is 542 g/mol. The third-order valence-electron chi connectivity index (χ3n) is 7.20. The monoisotopic (exact) mass is 577 g/mol. The molecular formula is C31H35N3O6S. The molecule has 9 nitrogen and oxygen atoms in total. The molecule has 0 saturated heterocycles. The van der Waals surface area contributed by atoms with Crippen LogP contribution in [0.3, 0.4) is 0 Å². The van der Waals surface area contributed by atoms with Gasteiger partial charge in [-0.2, -0.15) is 0 Å². The van der Waals surface area contributed by atoms with Crippen molar-refractivity contribution in [1.29, 1.82) is 0 Å². The summed E-state index contributed by atoms with van der Waals surface area (Å²) in [6.07, 6.45) is 0.680. The first-order valence-corrected chi connectivity index (χ1v) is 15.0. The van der Waals surface area contributed by atoms with Crippen LogP contribution in [0.5, 0.6) is 5.75 Å². The number of ether oxygens (including phenoxy) is 1. The number of methoxy groups -OCH3 is 1. The number of rotatable bonds is 12. The van der Waals surface area contributed by atoms with Crippen LogP contribution in [0.2, 0.25) is 0 Å². The Bertz CT molecular complexity index is 1510. The SMILES string of the molecule is CCC(C)NC(=O)C(Cc1ccccc1)N(Cc1cccc(OC)c1)C(=O)CCN1C(=O)c2ccccc2S1(=O)=O. The van der Waals surface area contributed by atoms with Crippen molar-refractivity contribution in [1.82, 2.24) is 14.5 Å². The Morgan fingerprint density at radius 2 is 1.66 bits per heavy atom. The number of nitrogens with one attached hydrogen (secondary N) is 1. The molecule has 0 spiro atoms. The van der Waals surface area contributed by atoms with E-state index in [0.29, 0.717) is 12.2 Å². The van der Waals surface area contributed by atoms with Crippen molar-refractivity contribution in [2.24, 2.45) is 0 Å². The van der Waals surface area contributed by atoms with Gasteiger partial charge in [0, 0.05) is 32.0 Å². The minimum absolute atomic E-state index is 0.0689. The van der Waals surface area contributed by atoms with Gasteiger partial charge in [0.05, 0.1) is 12.7 Å². The number of hydrogen-bond acceptors (Lipinski definition) is 6. The molecule has 0 aromatic heterocycles. The standard InChI is InChI=1S/C31H35N3O6S/c1-4-22(2)32-30(36)27(20-23-11-6-5-7-12-23)33(21-24-13-10-14-25(19-24)40-3)29(35)17-18-34-31(37)26-15-8-9-16-28(26)41(34,38)39/h5-16,19,22,27H,4,17-18,20-21H2,1-3H3,(H,32,36). The summed E-state index contributed by atoms with van der Waals surface area (Å²) in [4.78, 5) is 41.9. The Balaban J connectivity index is 1.65. The Morgan fingerprint density at radius 1 is 0.976 bits per heavy atom. The summed E-state index contributed by atoms with van der Waals surface area (Å²) in [5.41, 5.74) is 1.69. The minimum Gasteiger partial charge on any atom is -0.497 e. The summed E-state index contributed by atoms with van der Waals surface area (Å²) in [6.45, 7) is 3.60. The Kier molecular flexibility index (Phi) is 9.44. The first-order chi connectivity index (χ1) is 19.6. The van der Waals surface area contributed by atoms with Gasteiger partial charge in [0.25, 0.3) is 15.9 Å². The van der Waals surface area contributed by atoms with E-state index in [4.69, 9.17) is 4.74 Å². The fourth-order valence-corrected chi connectivity index (χ4v) is 6.33. The second-order valence-electron chi connectivity index (χ2n) is 10.0. The van der Waals surface area contributed by atoms with Crippen molar-refractivity contribution in [2.75, 3.05) is 13.7 Å². The average molecular weight is 578 g/mol. The summed E-state index contributed by atoms with van der Waals surface area (Å²) in [7, 11) is -2.53. The van der Waals surface area contributed by atoms with Crippen LogP contribution < -0.4 is 10.1 Å². The number of amides is 3. The Morgan fingerprint density at radius 3 is 2.34 bits per heavy atom. The molecule has 1 aliphatic heterocycles. The fraction of sp³-hybridized carbons (Fsp3) is 0.323. The van der Waals surface area contributed by atoms with Crippen molar-refractivity contribution in [2.45, 2.75) is 56.6 Å². The summed E-state index contributed by atoms with van der Waals surface area (Å²) in [5.74, 6) is -0.822. The van der Waals surface area contributed by atoms with Crippen LogP contribution >= 0.6 is 0 Å². The zero-order valence-corrected chi connectivity index (χ0v) is 24.3. The van der Waals surface area contributed by atoms with Gasteiger partial charge < -0.3 is 15.0 Å². The van der Waals surface area contributed by atoms with E-state index < -0.39 is 27.9 Å². The smallest absolute Gasteiger partial charge is 0.269 e. The highest BCUT2D eigenvalue weighted by Gasteiger charge is 2.41. The van der Waals surface area contributed by atoms with E-state index >= 15 is 0 Å². The van der Waals surface area contributed by atoms with Gasteiger partial charge in [0.2, 0.25) is 11.8 Å². The lowest BCUT2D eigenvalue weighted by molar-refractivity contribution is -0.141. The van der Waals surface area contributed by atoms with Crippen LogP contribution in [0.25, 0.3) is 0 Å². The van der Waals surface area contributed by atoms with Crippen LogP contribution in [0, 0.1) is 0 Å². The molecule has 2 unspecified atom stereocenters. The molecule has 216 valence electrons. The molecule has 0 radical (unpaired) electrons. The van der Waals surface area contributed by atoms with Gasteiger partial charge in [-0.3, -0.25) is 14.4 Å². The number of fused-ring (bicyclic) bond motifs is 1. The predicted molar refractivity (Wildman–Crippen MR) is 155 cm³/mol. The summed E-state index contributed by atoms with van der Waals surface area (Å²) < 4.78 is 32.3. The van der Waals surface area contributed by atoms with E-state index in [2.05, 4.69) is 5.32 Å². The number of hydrogen-bond donors (Lipinski definition) is 1. The summed E-state index contributed by atoms with van der Waals surface area (Å²) >= 11 is 0. The maximum Gasteiger partial charge on any atom is 0.269 e. The second-order valence-corrected chi connectivity index (χ2v) is 11.9. The number of sulfonamides is 1. The quantitative estimate of drug-likeness (QED) is 0.351.